The second kappa shape index (κ2) is 8.51. The number of aryl methyl sites for hydroxylation is 2. The van der Waals surface area contributed by atoms with Gasteiger partial charge in [-0.2, -0.15) is 0 Å². The molecule has 0 aromatic carbocycles. The first-order valence-electron chi connectivity index (χ1n) is 9.75. The van der Waals surface area contributed by atoms with Crippen LogP contribution in [0.15, 0.2) is 5.16 Å². The standard InChI is InChI=1S/C20H28N4O3S/c1-11-16(19(26)27-5)12(2)21-17(11)18(25)13(3)28-20-23-22-14(4)24(20)15-9-7-6-8-10-15/h13,15,21H,6-10H2,1-5H3. The summed E-state index contributed by atoms with van der Waals surface area (Å²) in [6.45, 7) is 7.39. The van der Waals surface area contributed by atoms with Crippen molar-refractivity contribution >= 4 is 23.5 Å². The van der Waals surface area contributed by atoms with Crippen LogP contribution in [0.4, 0.5) is 0 Å². The Morgan fingerprint density at radius 1 is 1.18 bits per heavy atom. The number of carbonyl (C=O) groups excluding carboxylic acids is 2. The normalized spacial score (nSPS) is 16.2. The van der Waals surface area contributed by atoms with Crippen molar-refractivity contribution in [2.75, 3.05) is 7.11 Å². The molecule has 0 spiro atoms. The van der Waals surface area contributed by atoms with Crippen molar-refractivity contribution in [3.05, 3.63) is 28.3 Å². The Morgan fingerprint density at radius 3 is 2.50 bits per heavy atom. The van der Waals surface area contributed by atoms with Gasteiger partial charge in [0.15, 0.2) is 10.9 Å². The molecule has 0 amide bonds. The van der Waals surface area contributed by atoms with Crippen LogP contribution in [-0.4, -0.2) is 43.9 Å². The highest BCUT2D eigenvalue weighted by atomic mass is 32.2. The summed E-state index contributed by atoms with van der Waals surface area (Å²) in [5, 5.41) is 9.03. The number of thioether (sulfide) groups is 1. The lowest BCUT2D eigenvalue weighted by molar-refractivity contribution is 0.0599. The van der Waals surface area contributed by atoms with Gasteiger partial charge in [-0.25, -0.2) is 4.79 Å². The van der Waals surface area contributed by atoms with Crippen LogP contribution < -0.4 is 0 Å². The fourth-order valence-corrected chi connectivity index (χ4v) is 5.03. The predicted molar refractivity (Wildman–Crippen MR) is 108 cm³/mol. The van der Waals surface area contributed by atoms with E-state index in [1.807, 2.05) is 13.8 Å². The number of aromatic nitrogens is 4. The van der Waals surface area contributed by atoms with Gasteiger partial charge in [-0.15, -0.1) is 10.2 Å². The van der Waals surface area contributed by atoms with Crippen molar-refractivity contribution < 1.29 is 14.3 Å². The van der Waals surface area contributed by atoms with Gasteiger partial charge in [0.05, 0.1) is 23.6 Å². The molecule has 2 heterocycles. The number of ether oxygens (including phenoxy) is 1. The number of nitrogens with one attached hydrogen (secondary N) is 1. The van der Waals surface area contributed by atoms with Crippen LogP contribution in [0.5, 0.6) is 0 Å². The molecule has 1 fully saturated rings. The molecule has 0 saturated heterocycles. The van der Waals surface area contributed by atoms with Crippen molar-refractivity contribution in [2.24, 2.45) is 0 Å². The average Bonchev–Trinajstić information content (AvgIpc) is 3.20. The summed E-state index contributed by atoms with van der Waals surface area (Å²) in [5.74, 6) is 0.406. The van der Waals surface area contributed by atoms with Gasteiger partial charge in [-0.3, -0.25) is 4.79 Å². The molecule has 0 bridgehead atoms. The van der Waals surface area contributed by atoms with E-state index in [4.69, 9.17) is 4.74 Å². The van der Waals surface area contributed by atoms with Crippen molar-refractivity contribution in [3.8, 4) is 0 Å². The number of Topliss-reactive ketones (excluding diaryl/α,β-unsaturated/α-hetero) is 1. The van der Waals surface area contributed by atoms with Crippen LogP contribution in [0.2, 0.25) is 0 Å². The van der Waals surface area contributed by atoms with Crippen LogP contribution >= 0.6 is 11.8 Å². The minimum atomic E-state index is -0.432. The van der Waals surface area contributed by atoms with Crippen molar-refractivity contribution in [1.29, 1.82) is 0 Å². The maximum Gasteiger partial charge on any atom is 0.339 e. The Balaban J connectivity index is 1.82. The molecule has 1 saturated carbocycles. The number of hydrogen-bond donors (Lipinski definition) is 1. The average molecular weight is 405 g/mol. The van der Waals surface area contributed by atoms with E-state index in [0.717, 1.165) is 23.8 Å². The number of nitrogens with zero attached hydrogens (tertiary/aromatic N) is 3. The fraction of sp³-hybridized carbons (Fsp3) is 0.600. The summed E-state index contributed by atoms with van der Waals surface area (Å²) in [4.78, 5) is 28.1. The van der Waals surface area contributed by atoms with E-state index in [2.05, 4.69) is 19.7 Å². The van der Waals surface area contributed by atoms with Gasteiger partial charge >= 0.3 is 5.97 Å². The summed E-state index contributed by atoms with van der Waals surface area (Å²) >= 11 is 1.43. The maximum atomic E-state index is 13.1. The third-order valence-electron chi connectivity index (χ3n) is 5.50. The molecule has 0 aliphatic heterocycles. The minimum Gasteiger partial charge on any atom is -0.465 e. The van der Waals surface area contributed by atoms with Crippen LogP contribution in [-0.2, 0) is 4.74 Å². The molecule has 28 heavy (non-hydrogen) atoms. The quantitative estimate of drug-likeness (QED) is 0.441. The van der Waals surface area contributed by atoms with Gasteiger partial charge in [0.1, 0.15) is 5.82 Å². The number of ketones is 1. The highest BCUT2D eigenvalue weighted by Gasteiger charge is 2.28. The summed E-state index contributed by atoms with van der Waals surface area (Å²) in [6.07, 6.45) is 5.98. The zero-order chi connectivity index (χ0) is 20.4. The second-order valence-electron chi connectivity index (χ2n) is 7.43. The van der Waals surface area contributed by atoms with E-state index < -0.39 is 5.97 Å². The Labute approximate surface area is 169 Å². The third kappa shape index (κ3) is 3.87. The number of H-pyrrole nitrogens is 1. The molecule has 1 atom stereocenters. The van der Waals surface area contributed by atoms with Crippen LogP contribution in [0.1, 0.15) is 83.0 Å². The predicted octanol–water partition coefficient (Wildman–Crippen LogP) is 4.19. The van der Waals surface area contributed by atoms with E-state index in [-0.39, 0.29) is 11.0 Å². The van der Waals surface area contributed by atoms with Gasteiger partial charge in [0, 0.05) is 11.7 Å². The Morgan fingerprint density at radius 2 is 1.86 bits per heavy atom. The first-order valence-corrected chi connectivity index (χ1v) is 10.6. The van der Waals surface area contributed by atoms with Gasteiger partial charge in [-0.05, 0) is 46.1 Å². The lowest BCUT2D eigenvalue weighted by Crippen LogP contribution is -2.19. The lowest BCUT2D eigenvalue weighted by Gasteiger charge is -2.25. The fourth-order valence-electron chi connectivity index (χ4n) is 4.01. The highest BCUT2D eigenvalue weighted by molar-refractivity contribution is 8.00. The smallest absolute Gasteiger partial charge is 0.339 e. The SMILES string of the molecule is COC(=O)c1c(C)[nH]c(C(=O)C(C)Sc2nnc(C)n2C2CCCCC2)c1C. The lowest BCUT2D eigenvalue weighted by atomic mass is 9.95. The summed E-state index contributed by atoms with van der Waals surface area (Å²) < 4.78 is 7.03. The minimum absolute atomic E-state index is 0.0587. The molecule has 1 N–H and O–H groups in total. The topological polar surface area (TPSA) is 89.9 Å². The van der Waals surface area contributed by atoms with Crippen molar-refractivity contribution in [3.63, 3.8) is 0 Å². The van der Waals surface area contributed by atoms with E-state index >= 15 is 0 Å². The Kier molecular flexibility index (Phi) is 6.27. The number of rotatable bonds is 6. The highest BCUT2D eigenvalue weighted by Crippen LogP contribution is 2.34. The number of aromatic amines is 1. The number of hydrogen-bond acceptors (Lipinski definition) is 6. The van der Waals surface area contributed by atoms with Crippen LogP contribution in [0.3, 0.4) is 0 Å². The molecule has 1 aliphatic carbocycles. The first kappa shape index (κ1) is 20.6. The second-order valence-corrected chi connectivity index (χ2v) is 8.74. The van der Waals surface area contributed by atoms with Gasteiger partial charge in [0.25, 0.3) is 0 Å². The van der Waals surface area contributed by atoms with Gasteiger partial charge in [-0.1, -0.05) is 31.0 Å². The van der Waals surface area contributed by atoms with E-state index in [9.17, 15) is 9.59 Å². The third-order valence-corrected chi connectivity index (χ3v) is 6.56. The van der Waals surface area contributed by atoms with Crippen molar-refractivity contribution in [2.45, 2.75) is 76.2 Å². The largest absolute Gasteiger partial charge is 0.465 e. The molecular weight excluding hydrogens is 376 g/mol. The molecule has 0 radical (unpaired) electrons. The summed E-state index contributed by atoms with van der Waals surface area (Å²) in [7, 11) is 1.34. The molecule has 1 aliphatic rings. The van der Waals surface area contributed by atoms with Crippen LogP contribution in [0, 0.1) is 20.8 Å². The van der Waals surface area contributed by atoms with E-state index in [0.29, 0.717) is 28.6 Å². The molecule has 152 valence electrons. The molecule has 3 rings (SSSR count). The molecule has 2 aromatic rings. The van der Waals surface area contributed by atoms with Crippen LogP contribution in [0.25, 0.3) is 0 Å². The summed E-state index contributed by atoms with van der Waals surface area (Å²) in [6, 6.07) is 0.411. The zero-order valence-electron chi connectivity index (χ0n) is 17.2. The van der Waals surface area contributed by atoms with Crippen molar-refractivity contribution in [1.82, 2.24) is 19.7 Å². The van der Waals surface area contributed by atoms with E-state index in [1.165, 1.54) is 38.1 Å². The first-order chi connectivity index (χ1) is 13.3. The van der Waals surface area contributed by atoms with Gasteiger partial charge < -0.3 is 14.3 Å². The molecular formula is C20H28N4O3S. The number of esters is 1. The zero-order valence-corrected chi connectivity index (χ0v) is 18.0. The molecule has 8 heteroatoms. The molecule has 2 aromatic heterocycles. The monoisotopic (exact) mass is 404 g/mol. The molecule has 1 unspecified atom stereocenters. The molecule has 7 nitrogen and oxygen atoms in total. The number of methoxy groups -OCH3 is 1. The number of carbonyl (C=O) groups is 2. The van der Waals surface area contributed by atoms with Gasteiger partial charge in [0.2, 0.25) is 0 Å². The Bertz CT molecular complexity index is 880. The maximum absolute atomic E-state index is 13.1. The summed E-state index contributed by atoms with van der Waals surface area (Å²) in [5.41, 5.74) is 2.17. The Hall–Kier alpha value is -2.09. The van der Waals surface area contributed by atoms with E-state index in [1.54, 1.807) is 13.8 Å².